The van der Waals surface area contributed by atoms with Gasteiger partial charge in [0.1, 0.15) is 0 Å². The molecule has 6 nitrogen and oxygen atoms in total. The first kappa shape index (κ1) is 18.5. The maximum atomic E-state index is 5.86. The van der Waals surface area contributed by atoms with Gasteiger partial charge in [-0.25, -0.2) is 9.97 Å². The van der Waals surface area contributed by atoms with E-state index in [4.69, 9.17) is 4.74 Å². The molecule has 3 heterocycles. The highest BCUT2D eigenvalue weighted by molar-refractivity contribution is 5.30. The molecule has 0 aliphatic carbocycles. The van der Waals surface area contributed by atoms with E-state index in [-0.39, 0.29) is 5.41 Å². The van der Waals surface area contributed by atoms with Gasteiger partial charge in [0.25, 0.3) is 0 Å². The lowest BCUT2D eigenvalue weighted by Gasteiger charge is -2.31. The van der Waals surface area contributed by atoms with Gasteiger partial charge in [0.15, 0.2) is 0 Å². The first-order valence-electron chi connectivity index (χ1n) is 9.48. The molecule has 0 radical (unpaired) electrons. The zero-order valence-corrected chi connectivity index (χ0v) is 16.3. The number of hydrogen-bond donors (Lipinski definition) is 0. The van der Waals surface area contributed by atoms with Crippen LogP contribution in [-0.4, -0.2) is 39.9 Å². The molecule has 0 aromatic carbocycles. The number of nitrogens with zero attached hydrogens (tertiary/aromatic N) is 5. The van der Waals surface area contributed by atoms with E-state index in [1.165, 1.54) is 5.56 Å². The predicted molar refractivity (Wildman–Crippen MR) is 103 cm³/mol. The van der Waals surface area contributed by atoms with Gasteiger partial charge in [0, 0.05) is 37.0 Å². The third-order valence-corrected chi connectivity index (χ3v) is 4.87. The minimum absolute atomic E-state index is 0.00968. The lowest BCUT2D eigenvalue weighted by atomic mass is 9.92. The normalized spacial score (nSPS) is 15.9. The van der Waals surface area contributed by atoms with Crippen molar-refractivity contribution in [2.45, 2.75) is 52.4 Å². The van der Waals surface area contributed by atoms with E-state index in [0.717, 1.165) is 44.0 Å². The zero-order valence-electron chi connectivity index (χ0n) is 16.3. The predicted octanol–water partition coefficient (Wildman–Crippen LogP) is 3.42. The van der Waals surface area contributed by atoms with Gasteiger partial charge >= 0.3 is 0 Å². The van der Waals surface area contributed by atoms with Gasteiger partial charge in [0.05, 0.1) is 12.3 Å². The molecule has 0 amide bonds. The van der Waals surface area contributed by atoms with Crippen molar-refractivity contribution < 1.29 is 4.74 Å². The minimum Gasteiger partial charge on any atom is -0.476 e. The summed E-state index contributed by atoms with van der Waals surface area (Å²) in [6.45, 7) is 11.1. The molecule has 140 valence electrons. The fourth-order valence-corrected chi connectivity index (χ4v) is 2.99. The second-order valence-electron chi connectivity index (χ2n) is 7.99. The van der Waals surface area contributed by atoms with Gasteiger partial charge in [-0.2, -0.15) is 5.10 Å². The standard InChI is InChI=1S/C20H29N5O/c1-5-15-12-21-19(22-13-15)25-10-8-16(9-11-25)14-26-18-7-6-17(23-24-18)20(2,3)4/h6-7,12-13,16H,5,8-11,14H2,1-4H3. The van der Waals surface area contributed by atoms with E-state index in [9.17, 15) is 0 Å². The molecule has 2 aromatic heterocycles. The van der Waals surface area contributed by atoms with E-state index in [1.54, 1.807) is 0 Å². The molecule has 2 aromatic rings. The molecule has 1 aliphatic rings. The van der Waals surface area contributed by atoms with Crippen molar-refractivity contribution in [3.8, 4) is 5.88 Å². The smallest absolute Gasteiger partial charge is 0.233 e. The highest BCUT2D eigenvalue weighted by Gasteiger charge is 2.22. The summed E-state index contributed by atoms with van der Waals surface area (Å²) in [5, 5.41) is 8.49. The molecule has 0 bridgehead atoms. The van der Waals surface area contributed by atoms with Crippen LogP contribution in [-0.2, 0) is 11.8 Å². The molecule has 1 saturated heterocycles. The second-order valence-corrected chi connectivity index (χ2v) is 7.99. The molecule has 3 rings (SSSR count). The number of anilines is 1. The third-order valence-electron chi connectivity index (χ3n) is 4.87. The third kappa shape index (κ3) is 4.68. The van der Waals surface area contributed by atoms with Crippen LogP contribution in [0.5, 0.6) is 5.88 Å². The van der Waals surface area contributed by atoms with Crippen LogP contribution in [0.25, 0.3) is 0 Å². The Bertz CT molecular complexity index is 686. The lowest BCUT2D eigenvalue weighted by molar-refractivity contribution is 0.213. The summed E-state index contributed by atoms with van der Waals surface area (Å²) in [5.74, 6) is 1.98. The van der Waals surface area contributed by atoms with Crippen LogP contribution in [0.15, 0.2) is 24.5 Å². The van der Waals surface area contributed by atoms with Gasteiger partial charge in [-0.3, -0.25) is 0 Å². The molecule has 0 atom stereocenters. The summed E-state index contributed by atoms with van der Waals surface area (Å²) >= 11 is 0. The van der Waals surface area contributed by atoms with Crippen molar-refractivity contribution in [1.82, 2.24) is 20.2 Å². The molecule has 0 saturated carbocycles. The van der Waals surface area contributed by atoms with Gasteiger partial charge in [-0.15, -0.1) is 5.10 Å². The van der Waals surface area contributed by atoms with Gasteiger partial charge in [-0.1, -0.05) is 27.7 Å². The number of ether oxygens (including phenoxy) is 1. The summed E-state index contributed by atoms with van der Waals surface area (Å²) in [5.41, 5.74) is 2.17. The van der Waals surface area contributed by atoms with E-state index >= 15 is 0 Å². The van der Waals surface area contributed by atoms with Crippen molar-refractivity contribution in [2.24, 2.45) is 5.92 Å². The highest BCUT2D eigenvalue weighted by Crippen LogP contribution is 2.23. The Labute approximate surface area is 156 Å². The largest absolute Gasteiger partial charge is 0.476 e. The molecule has 26 heavy (non-hydrogen) atoms. The number of rotatable bonds is 5. The number of aryl methyl sites for hydroxylation is 1. The quantitative estimate of drug-likeness (QED) is 0.819. The van der Waals surface area contributed by atoms with Crippen LogP contribution in [0.1, 0.15) is 51.8 Å². The molecule has 0 unspecified atom stereocenters. The van der Waals surface area contributed by atoms with Gasteiger partial charge < -0.3 is 9.64 Å². The van der Waals surface area contributed by atoms with Crippen molar-refractivity contribution in [3.63, 3.8) is 0 Å². The Balaban J connectivity index is 1.46. The first-order valence-corrected chi connectivity index (χ1v) is 9.48. The highest BCUT2D eigenvalue weighted by atomic mass is 16.5. The van der Waals surface area contributed by atoms with Gasteiger partial charge in [0.2, 0.25) is 11.8 Å². The minimum atomic E-state index is 0.00968. The average molecular weight is 355 g/mol. The summed E-state index contributed by atoms with van der Waals surface area (Å²) in [6.07, 6.45) is 6.98. The van der Waals surface area contributed by atoms with Crippen LogP contribution in [0.3, 0.4) is 0 Å². The molecule has 6 heteroatoms. The van der Waals surface area contributed by atoms with E-state index in [0.29, 0.717) is 18.4 Å². The first-order chi connectivity index (χ1) is 12.5. The summed E-state index contributed by atoms with van der Waals surface area (Å²) in [7, 11) is 0. The van der Waals surface area contributed by atoms with Crippen LogP contribution in [0.4, 0.5) is 5.95 Å². The Kier molecular flexibility index (Phi) is 5.69. The maximum Gasteiger partial charge on any atom is 0.233 e. The maximum absolute atomic E-state index is 5.86. The summed E-state index contributed by atoms with van der Waals surface area (Å²) in [4.78, 5) is 11.2. The molecule has 0 N–H and O–H groups in total. The van der Waals surface area contributed by atoms with E-state index in [2.05, 4.69) is 52.8 Å². The van der Waals surface area contributed by atoms with Crippen LogP contribution < -0.4 is 9.64 Å². The van der Waals surface area contributed by atoms with Crippen LogP contribution in [0.2, 0.25) is 0 Å². The van der Waals surface area contributed by atoms with E-state index < -0.39 is 0 Å². The molecule has 1 aliphatic heterocycles. The lowest BCUT2D eigenvalue weighted by Crippen LogP contribution is -2.36. The Morgan fingerprint density at radius 1 is 1.08 bits per heavy atom. The van der Waals surface area contributed by atoms with Crippen molar-refractivity contribution in [2.75, 3.05) is 24.6 Å². The number of hydrogen-bond acceptors (Lipinski definition) is 6. The molecular formula is C20H29N5O. The Morgan fingerprint density at radius 3 is 2.31 bits per heavy atom. The van der Waals surface area contributed by atoms with E-state index in [1.807, 2.05) is 24.5 Å². The monoisotopic (exact) mass is 355 g/mol. The topological polar surface area (TPSA) is 64.0 Å². The second kappa shape index (κ2) is 7.98. The molecule has 1 fully saturated rings. The number of piperidine rings is 1. The fourth-order valence-electron chi connectivity index (χ4n) is 2.99. The Hall–Kier alpha value is -2.24. The SMILES string of the molecule is CCc1cnc(N2CCC(COc3ccc(C(C)(C)C)nn3)CC2)nc1. The van der Waals surface area contributed by atoms with Crippen LogP contribution in [0, 0.1) is 5.92 Å². The number of aromatic nitrogens is 4. The molecular weight excluding hydrogens is 326 g/mol. The van der Waals surface area contributed by atoms with Crippen molar-refractivity contribution in [1.29, 1.82) is 0 Å². The van der Waals surface area contributed by atoms with Crippen molar-refractivity contribution >= 4 is 5.95 Å². The Morgan fingerprint density at radius 2 is 1.77 bits per heavy atom. The zero-order chi connectivity index (χ0) is 18.6. The summed E-state index contributed by atoms with van der Waals surface area (Å²) in [6, 6.07) is 3.92. The average Bonchev–Trinajstić information content (AvgIpc) is 2.66. The fraction of sp³-hybridized carbons (Fsp3) is 0.600. The van der Waals surface area contributed by atoms with Crippen LogP contribution >= 0.6 is 0 Å². The molecule has 0 spiro atoms. The van der Waals surface area contributed by atoms with Crippen molar-refractivity contribution in [3.05, 3.63) is 35.8 Å². The summed E-state index contributed by atoms with van der Waals surface area (Å²) < 4.78 is 5.86. The van der Waals surface area contributed by atoms with Gasteiger partial charge in [-0.05, 0) is 36.8 Å².